The first-order valence-electron chi connectivity index (χ1n) is 8.10. The smallest absolute Gasteiger partial charge is 0.416 e. The van der Waals surface area contributed by atoms with Gasteiger partial charge in [-0.3, -0.25) is 9.36 Å². The highest BCUT2D eigenvalue weighted by Crippen LogP contribution is 2.34. The third-order valence-electron chi connectivity index (χ3n) is 3.89. The number of carbonyl (C=O) groups is 1. The lowest BCUT2D eigenvalue weighted by Crippen LogP contribution is -2.14. The Morgan fingerprint density at radius 3 is 2.54 bits per heavy atom. The van der Waals surface area contributed by atoms with Gasteiger partial charge in [0.1, 0.15) is 5.75 Å². The molecule has 0 aliphatic rings. The molecule has 0 aliphatic heterocycles. The van der Waals surface area contributed by atoms with Crippen LogP contribution in [0.25, 0.3) is 16.9 Å². The molecule has 9 heteroatoms. The van der Waals surface area contributed by atoms with Crippen LogP contribution in [-0.2, 0) is 11.0 Å². The third-order valence-corrected chi connectivity index (χ3v) is 4.87. The summed E-state index contributed by atoms with van der Waals surface area (Å²) in [5, 5.41) is 0.365. The van der Waals surface area contributed by atoms with Gasteiger partial charge in [-0.05, 0) is 42.5 Å². The molecular weight excluding hydrogens is 391 g/mol. The van der Waals surface area contributed by atoms with Gasteiger partial charge in [-0.2, -0.15) is 13.2 Å². The van der Waals surface area contributed by atoms with Gasteiger partial charge in [0, 0.05) is 11.3 Å². The number of benzene rings is 2. The molecule has 1 aromatic heterocycles. The molecule has 0 atom stereocenters. The minimum atomic E-state index is -4.47. The monoisotopic (exact) mass is 407 g/mol. The molecule has 0 saturated heterocycles. The zero-order chi connectivity index (χ0) is 20.3. The van der Waals surface area contributed by atoms with Crippen LogP contribution in [0.2, 0.25) is 0 Å². The van der Waals surface area contributed by atoms with Crippen LogP contribution in [0.4, 0.5) is 13.2 Å². The quantitative estimate of drug-likeness (QED) is 0.624. The SMILES string of the molecule is COc1ccc(-c2cnc(SCC(N)=O)n2-c2cccc(C(F)(F)F)c2)cc1. The zero-order valence-corrected chi connectivity index (χ0v) is 15.6. The van der Waals surface area contributed by atoms with Crippen LogP contribution in [0, 0.1) is 0 Å². The van der Waals surface area contributed by atoms with Crippen molar-refractivity contribution >= 4 is 17.7 Å². The summed E-state index contributed by atoms with van der Waals surface area (Å²) in [4.78, 5) is 15.4. The van der Waals surface area contributed by atoms with Crippen molar-refractivity contribution in [3.8, 4) is 22.7 Å². The van der Waals surface area contributed by atoms with Crippen molar-refractivity contribution < 1.29 is 22.7 Å². The zero-order valence-electron chi connectivity index (χ0n) is 14.7. The van der Waals surface area contributed by atoms with Crippen LogP contribution >= 0.6 is 11.8 Å². The highest BCUT2D eigenvalue weighted by Gasteiger charge is 2.31. The van der Waals surface area contributed by atoms with E-state index < -0.39 is 17.6 Å². The average molecular weight is 407 g/mol. The van der Waals surface area contributed by atoms with Crippen LogP contribution in [0.5, 0.6) is 5.75 Å². The fourth-order valence-corrected chi connectivity index (χ4v) is 3.34. The van der Waals surface area contributed by atoms with E-state index in [9.17, 15) is 18.0 Å². The van der Waals surface area contributed by atoms with Gasteiger partial charge >= 0.3 is 6.18 Å². The molecule has 2 aromatic carbocycles. The Balaban J connectivity index is 2.13. The number of halogens is 3. The first kappa shape index (κ1) is 19.8. The van der Waals surface area contributed by atoms with Crippen molar-refractivity contribution in [3.05, 3.63) is 60.3 Å². The molecule has 1 heterocycles. The summed E-state index contributed by atoms with van der Waals surface area (Å²) in [6.07, 6.45) is -2.93. The van der Waals surface area contributed by atoms with Crippen molar-refractivity contribution in [2.75, 3.05) is 12.9 Å². The largest absolute Gasteiger partial charge is 0.497 e. The summed E-state index contributed by atoms with van der Waals surface area (Å²) in [5.41, 5.74) is 6.02. The lowest BCUT2D eigenvalue weighted by molar-refractivity contribution is -0.137. The normalized spacial score (nSPS) is 11.4. The Hall–Kier alpha value is -2.94. The van der Waals surface area contributed by atoms with E-state index in [1.54, 1.807) is 48.2 Å². The number of imidazole rings is 1. The Morgan fingerprint density at radius 1 is 1.21 bits per heavy atom. The van der Waals surface area contributed by atoms with E-state index in [2.05, 4.69) is 4.98 Å². The molecule has 3 aromatic rings. The molecule has 5 nitrogen and oxygen atoms in total. The summed E-state index contributed by atoms with van der Waals surface area (Å²) >= 11 is 1.06. The number of hydrogen-bond donors (Lipinski definition) is 1. The molecule has 146 valence electrons. The van der Waals surface area contributed by atoms with Crippen LogP contribution < -0.4 is 10.5 Å². The van der Waals surface area contributed by atoms with E-state index in [0.717, 1.165) is 29.5 Å². The fourth-order valence-electron chi connectivity index (χ4n) is 2.61. The van der Waals surface area contributed by atoms with Gasteiger partial charge in [-0.1, -0.05) is 17.8 Å². The molecule has 0 unspecified atom stereocenters. The fraction of sp³-hybridized carbons (Fsp3) is 0.158. The Bertz CT molecular complexity index is 985. The highest BCUT2D eigenvalue weighted by molar-refractivity contribution is 7.99. The van der Waals surface area contributed by atoms with E-state index in [4.69, 9.17) is 10.5 Å². The number of primary amides is 1. The van der Waals surface area contributed by atoms with Gasteiger partial charge in [-0.15, -0.1) is 0 Å². The lowest BCUT2D eigenvalue weighted by Gasteiger charge is -2.14. The maximum atomic E-state index is 13.2. The molecule has 0 spiro atoms. The van der Waals surface area contributed by atoms with Crippen molar-refractivity contribution in [2.45, 2.75) is 11.3 Å². The topological polar surface area (TPSA) is 70.1 Å². The molecule has 3 rings (SSSR count). The average Bonchev–Trinajstić information content (AvgIpc) is 3.10. The van der Waals surface area contributed by atoms with E-state index in [-0.39, 0.29) is 11.4 Å². The van der Waals surface area contributed by atoms with Crippen molar-refractivity contribution in [2.24, 2.45) is 5.73 Å². The van der Waals surface area contributed by atoms with Crippen molar-refractivity contribution in [1.82, 2.24) is 9.55 Å². The second-order valence-electron chi connectivity index (χ2n) is 5.79. The molecule has 0 saturated carbocycles. The Labute approximate surface area is 163 Å². The molecule has 2 N–H and O–H groups in total. The first-order chi connectivity index (χ1) is 13.3. The Kier molecular flexibility index (Phi) is 5.64. The van der Waals surface area contributed by atoms with E-state index in [1.165, 1.54) is 6.07 Å². The first-order valence-corrected chi connectivity index (χ1v) is 9.09. The van der Waals surface area contributed by atoms with E-state index in [0.29, 0.717) is 16.6 Å². The van der Waals surface area contributed by atoms with Crippen LogP contribution in [0.3, 0.4) is 0 Å². The van der Waals surface area contributed by atoms with Gasteiger partial charge in [-0.25, -0.2) is 4.98 Å². The third kappa shape index (κ3) is 4.30. The molecule has 0 radical (unpaired) electrons. The number of nitrogens with two attached hydrogens (primary N) is 1. The van der Waals surface area contributed by atoms with Gasteiger partial charge in [0.2, 0.25) is 5.91 Å². The minimum absolute atomic E-state index is 0.0436. The van der Waals surface area contributed by atoms with Crippen LogP contribution in [0.15, 0.2) is 59.9 Å². The molecular formula is C19H16F3N3O2S. The molecule has 0 fully saturated rings. The summed E-state index contributed by atoms with van der Waals surface area (Å²) in [7, 11) is 1.54. The molecule has 28 heavy (non-hydrogen) atoms. The molecule has 0 aliphatic carbocycles. The Morgan fingerprint density at radius 2 is 1.93 bits per heavy atom. The number of amides is 1. The number of ether oxygens (including phenoxy) is 1. The number of hydrogen-bond acceptors (Lipinski definition) is 4. The summed E-state index contributed by atoms with van der Waals surface area (Å²) < 4.78 is 46.2. The van der Waals surface area contributed by atoms with Crippen molar-refractivity contribution in [3.63, 3.8) is 0 Å². The molecule has 0 bridgehead atoms. The predicted molar refractivity (Wildman–Crippen MR) is 100 cm³/mol. The number of nitrogens with zero attached hydrogens (tertiary/aromatic N) is 2. The highest BCUT2D eigenvalue weighted by atomic mass is 32.2. The minimum Gasteiger partial charge on any atom is -0.497 e. The maximum absolute atomic E-state index is 13.2. The molecule has 1 amide bonds. The standard InChI is InChI=1S/C19H16F3N3O2S/c1-27-15-7-5-12(6-8-15)16-10-24-18(28-11-17(23)26)25(16)14-4-2-3-13(9-14)19(20,21)22/h2-10H,11H2,1H3,(H2,23,26). The number of alkyl halides is 3. The number of methoxy groups -OCH3 is 1. The van der Waals surface area contributed by atoms with Gasteiger partial charge in [0.05, 0.1) is 30.3 Å². The number of carbonyl (C=O) groups excluding carboxylic acids is 1. The summed E-state index contributed by atoms with van der Waals surface area (Å²) in [6, 6.07) is 12.0. The van der Waals surface area contributed by atoms with Crippen LogP contribution in [-0.4, -0.2) is 28.3 Å². The van der Waals surface area contributed by atoms with E-state index >= 15 is 0 Å². The maximum Gasteiger partial charge on any atom is 0.416 e. The predicted octanol–water partition coefficient (Wildman–Crippen LogP) is 4.14. The second kappa shape index (κ2) is 7.97. The summed E-state index contributed by atoms with van der Waals surface area (Å²) in [5.74, 6) is 0.0599. The van der Waals surface area contributed by atoms with Crippen molar-refractivity contribution in [1.29, 1.82) is 0 Å². The van der Waals surface area contributed by atoms with Gasteiger partial charge in [0.25, 0.3) is 0 Å². The van der Waals surface area contributed by atoms with Gasteiger partial charge < -0.3 is 10.5 Å². The second-order valence-corrected chi connectivity index (χ2v) is 6.74. The van der Waals surface area contributed by atoms with E-state index in [1.807, 2.05) is 0 Å². The number of thioether (sulfide) groups is 1. The lowest BCUT2D eigenvalue weighted by atomic mass is 10.1. The summed E-state index contributed by atoms with van der Waals surface area (Å²) in [6.45, 7) is 0. The van der Waals surface area contributed by atoms with Crippen LogP contribution in [0.1, 0.15) is 5.56 Å². The number of aromatic nitrogens is 2. The van der Waals surface area contributed by atoms with Gasteiger partial charge in [0.15, 0.2) is 5.16 Å². The number of rotatable bonds is 6.